The third-order valence-corrected chi connectivity index (χ3v) is 4.34. The Morgan fingerprint density at radius 1 is 1.19 bits per heavy atom. The molecule has 0 aliphatic carbocycles. The molecule has 2 heterocycles. The summed E-state index contributed by atoms with van der Waals surface area (Å²) in [6.07, 6.45) is 0. The number of nitrogens with zero attached hydrogens (tertiary/aromatic N) is 3. The topological polar surface area (TPSA) is 79.1 Å². The molecule has 0 saturated carbocycles. The number of halogens is 1. The van der Waals surface area contributed by atoms with Gasteiger partial charge in [0, 0.05) is 6.92 Å². The minimum absolute atomic E-state index is 0.247. The van der Waals surface area contributed by atoms with Gasteiger partial charge in [-0.3, -0.25) is 4.90 Å². The maximum Gasteiger partial charge on any atom is 0.230 e. The zero-order chi connectivity index (χ0) is 18.3. The number of oxazole rings is 1. The quantitative estimate of drug-likeness (QED) is 0.756. The third kappa shape index (κ3) is 2.42. The largest absolute Gasteiger partial charge is 0.424 e. The first-order valence-corrected chi connectivity index (χ1v) is 8.08. The van der Waals surface area contributed by atoms with Crippen LogP contribution in [0, 0.1) is 24.1 Å². The number of anilines is 2. The van der Waals surface area contributed by atoms with E-state index in [-0.39, 0.29) is 11.6 Å². The van der Waals surface area contributed by atoms with Crippen molar-refractivity contribution < 1.29 is 8.81 Å². The Kier molecular flexibility index (Phi) is 3.70. The van der Waals surface area contributed by atoms with Crippen LogP contribution in [0.1, 0.15) is 23.1 Å². The van der Waals surface area contributed by atoms with E-state index in [1.54, 1.807) is 24.0 Å². The number of aromatic nitrogens is 1. The van der Waals surface area contributed by atoms with Crippen LogP contribution < -0.4 is 10.6 Å². The van der Waals surface area contributed by atoms with Crippen molar-refractivity contribution in [1.82, 2.24) is 4.98 Å². The number of benzene rings is 2. The molecule has 5 nitrogen and oxygen atoms in total. The predicted molar refractivity (Wildman–Crippen MR) is 94.9 cm³/mol. The number of aryl methyl sites for hydroxylation is 1. The van der Waals surface area contributed by atoms with Crippen molar-refractivity contribution in [3.8, 4) is 6.07 Å². The maximum absolute atomic E-state index is 13.8. The number of hydrogen-bond donors (Lipinski definition) is 1. The first-order chi connectivity index (χ1) is 12.6. The van der Waals surface area contributed by atoms with E-state index in [9.17, 15) is 9.65 Å². The highest BCUT2D eigenvalue weighted by atomic mass is 19.1. The van der Waals surface area contributed by atoms with Crippen LogP contribution >= 0.6 is 0 Å². The van der Waals surface area contributed by atoms with E-state index in [1.165, 1.54) is 12.1 Å². The highest BCUT2D eigenvalue weighted by molar-refractivity contribution is 5.73. The summed E-state index contributed by atoms with van der Waals surface area (Å²) in [6.45, 7) is 1.73. The van der Waals surface area contributed by atoms with Crippen LogP contribution in [0.15, 0.2) is 70.4 Å². The van der Waals surface area contributed by atoms with Gasteiger partial charge in [-0.2, -0.15) is 5.26 Å². The summed E-state index contributed by atoms with van der Waals surface area (Å²) in [5.74, 6) is 0.175. The predicted octanol–water partition coefficient (Wildman–Crippen LogP) is 4.10. The lowest BCUT2D eigenvalue weighted by atomic mass is 9.86. The number of allylic oxidation sites excluding steroid dienone is 1. The standard InChI is InChI=1S/C20H15FN4O/c1-12-24-18-17(13-6-5-7-14(21)10-13)16(11-22)19(23)25(20(18)26-12)15-8-3-2-4-9-15/h2-10,17H,23H2,1H3. The monoisotopic (exact) mass is 346 g/mol. The second-order valence-corrected chi connectivity index (χ2v) is 5.99. The second-order valence-electron chi connectivity index (χ2n) is 5.99. The molecule has 0 fully saturated rings. The van der Waals surface area contributed by atoms with Gasteiger partial charge in [0.1, 0.15) is 17.3 Å². The van der Waals surface area contributed by atoms with Crippen LogP contribution in [-0.2, 0) is 0 Å². The van der Waals surface area contributed by atoms with Gasteiger partial charge >= 0.3 is 0 Å². The molecule has 1 atom stereocenters. The highest BCUT2D eigenvalue weighted by Gasteiger charge is 2.38. The smallest absolute Gasteiger partial charge is 0.230 e. The first kappa shape index (κ1) is 15.9. The summed E-state index contributed by atoms with van der Waals surface area (Å²) < 4.78 is 19.6. The molecule has 0 radical (unpaired) electrons. The molecule has 0 amide bonds. The van der Waals surface area contributed by atoms with E-state index in [1.807, 2.05) is 30.3 Å². The molecule has 1 aliphatic rings. The molecular formula is C20H15FN4O. The molecule has 2 aromatic carbocycles. The average molecular weight is 346 g/mol. The summed E-state index contributed by atoms with van der Waals surface area (Å²) in [4.78, 5) is 6.15. The number of fused-ring (bicyclic) bond motifs is 1. The Balaban J connectivity index is 1.98. The molecule has 0 spiro atoms. The van der Waals surface area contributed by atoms with Crippen LogP contribution in [0.5, 0.6) is 0 Å². The second kappa shape index (κ2) is 6.05. The Morgan fingerprint density at radius 2 is 1.96 bits per heavy atom. The zero-order valence-electron chi connectivity index (χ0n) is 14.0. The summed E-state index contributed by atoms with van der Waals surface area (Å²) in [5.41, 5.74) is 8.57. The molecule has 3 aromatic rings. The Labute approximate surface area is 149 Å². The Morgan fingerprint density at radius 3 is 2.65 bits per heavy atom. The molecule has 0 bridgehead atoms. The van der Waals surface area contributed by atoms with E-state index in [0.717, 1.165) is 5.69 Å². The third-order valence-electron chi connectivity index (χ3n) is 4.34. The van der Waals surface area contributed by atoms with Crippen molar-refractivity contribution >= 4 is 11.6 Å². The number of nitrogens with two attached hydrogens (primary N) is 1. The van der Waals surface area contributed by atoms with Crippen molar-refractivity contribution in [3.05, 3.63) is 89.0 Å². The Bertz CT molecular complexity index is 1050. The van der Waals surface area contributed by atoms with E-state index in [2.05, 4.69) is 11.1 Å². The molecule has 6 heteroatoms. The molecule has 26 heavy (non-hydrogen) atoms. The fraction of sp³-hybridized carbons (Fsp3) is 0.100. The number of para-hydroxylation sites is 1. The van der Waals surface area contributed by atoms with Crippen LogP contribution in [-0.4, -0.2) is 4.98 Å². The van der Waals surface area contributed by atoms with Crippen LogP contribution in [0.4, 0.5) is 16.0 Å². The van der Waals surface area contributed by atoms with Gasteiger partial charge in [0.05, 0.1) is 23.2 Å². The lowest BCUT2D eigenvalue weighted by Gasteiger charge is -2.31. The van der Waals surface area contributed by atoms with Crippen molar-refractivity contribution in [2.24, 2.45) is 5.73 Å². The average Bonchev–Trinajstić information content (AvgIpc) is 3.01. The van der Waals surface area contributed by atoms with Crippen molar-refractivity contribution in [2.75, 3.05) is 4.90 Å². The van der Waals surface area contributed by atoms with E-state index >= 15 is 0 Å². The van der Waals surface area contributed by atoms with Crippen LogP contribution in [0.2, 0.25) is 0 Å². The van der Waals surface area contributed by atoms with E-state index in [4.69, 9.17) is 10.2 Å². The zero-order valence-corrected chi connectivity index (χ0v) is 14.0. The van der Waals surface area contributed by atoms with Gasteiger partial charge in [-0.25, -0.2) is 9.37 Å². The summed E-state index contributed by atoms with van der Waals surface area (Å²) in [6, 6.07) is 17.7. The lowest BCUT2D eigenvalue weighted by Crippen LogP contribution is -2.31. The number of nitriles is 1. The van der Waals surface area contributed by atoms with Gasteiger partial charge in [0.25, 0.3) is 0 Å². The molecular weight excluding hydrogens is 331 g/mol. The maximum atomic E-state index is 13.8. The fourth-order valence-electron chi connectivity index (χ4n) is 3.26. The minimum Gasteiger partial charge on any atom is -0.424 e. The molecule has 1 aromatic heterocycles. The first-order valence-electron chi connectivity index (χ1n) is 8.08. The fourth-order valence-corrected chi connectivity index (χ4v) is 3.26. The number of rotatable bonds is 2. The van der Waals surface area contributed by atoms with Gasteiger partial charge in [0.15, 0.2) is 5.89 Å². The van der Waals surface area contributed by atoms with Crippen LogP contribution in [0.3, 0.4) is 0 Å². The van der Waals surface area contributed by atoms with E-state index < -0.39 is 5.92 Å². The molecule has 1 aliphatic heterocycles. The highest BCUT2D eigenvalue weighted by Crippen LogP contribution is 2.46. The summed E-state index contributed by atoms with van der Waals surface area (Å²) >= 11 is 0. The molecule has 128 valence electrons. The summed E-state index contributed by atoms with van der Waals surface area (Å²) in [5, 5.41) is 9.79. The van der Waals surface area contributed by atoms with Crippen molar-refractivity contribution in [2.45, 2.75) is 12.8 Å². The van der Waals surface area contributed by atoms with Crippen molar-refractivity contribution in [3.63, 3.8) is 0 Å². The lowest BCUT2D eigenvalue weighted by molar-refractivity contribution is 0.522. The summed E-state index contributed by atoms with van der Waals surface area (Å²) in [7, 11) is 0. The molecule has 0 saturated heterocycles. The van der Waals surface area contributed by atoms with Gasteiger partial charge < -0.3 is 10.2 Å². The molecule has 4 rings (SSSR count). The number of hydrogen-bond acceptors (Lipinski definition) is 5. The minimum atomic E-state index is -0.580. The SMILES string of the molecule is Cc1nc2c(o1)N(c1ccccc1)C(N)=C(C#N)C2c1cccc(F)c1. The van der Waals surface area contributed by atoms with Crippen LogP contribution in [0.25, 0.3) is 0 Å². The van der Waals surface area contributed by atoms with Gasteiger partial charge in [-0.05, 0) is 29.8 Å². The van der Waals surface area contributed by atoms with Gasteiger partial charge in [-0.1, -0.05) is 30.3 Å². The Hall–Kier alpha value is -3.59. The van der Waals surface area contributed by atoms with Gasteiger partial charge in [-0.15, -0.1) is 0 Å². The molecule has 1 unspecified atom stereocenters. The molecule has 2 N–H and O–H groups in total. The van der Waals surface area contributed by atoms with Crippen molar-refractivity contribution in [1.29, 1.82) is 5.26 Å². The van der Waals surface area contributed by atoms with Gasteiger partial charge in [0.2, 0.25) is 5.88 Å². The van der Waals surface area contributed by atoms with E-state index in [0.29, 0.717) is 28.6 Å². The normalized spacial score (nSPS) is 16.3.